The summed E-state index contributed by atoms with van der Waals surface area (Å²) in [7, 11) is 0.706. The van der Waals surface area contributed by atoms with Crippen molar-refractivity contribution in [3.63, 3.8) is 0 Å². The second kappa shape index (κ2) is 13.2. The zero-order valence-electron chi connectivity index (χ0n) is 22.0. The fourth-order valence-corrected chi connectivity index (χ4v) is 4.87. The minimum Gasteiger partial charge on any atom is -0.495 e. The second-order valence-electron chi connectivity index (χ2n) is 8.38. The monoisotopic (exact) mass is 575 g/mol. The van der Waals surface area contributed by atoms with E-state index < -0.39 is 28.4 Å². The minimum atomic E-state index is -3.84. The maximum absolute atomic E-state index is 12.9. The van der Waals surface area contributed by atoms with E-state index in [-0.39, 0.29) is 22.0 Å². The largest absolute Gasteiger partial charge is 0.495 e. The Morgan fingerprint density at radius 3 is 2.21 bits per heavy atom. The van der Waals surface area contributed by atoms with E-state index in [1.807, 2.05) is 12.1 Å². The first-order valence-corrected chi connectivity index (χ1v) is 14.0. The summed E-state index contributed by atoms with van der Waals surface area (Å²) in [5.74, 6) is 0.532. The van der Waals surface area contributed by atoms with Gasteiger partial charge in [-0.05, 0) is 54.4 Å². The van der Waals surface area contributed by atoms with E-state index in [1.54, 1.807) is 44.6 Å². The van der Waals surface area contributed by atoms with Crippen molar-refractivity contribution in [1.29, 1.82) is 0 Å². The Morgan fingerprint density at radius 1 is 0.897 bits per heavy atom. The number of amides is 2. The van der Waals surface area contributed by atoms with Crippen LogP contribution in [0.15, 0.2) is 60.7 Å². The number of anilines is 2. The highest BCUT2D eigenvalue weighted by Gasteiger charge is 2.23. The van der Waals surface area contributed by atoms with E-state index in [9.17, 15) is 18.0 Å². The number of sulfonamides is 1. The number of para-hydroxylation sites is 1. The Hall–Kier alpha value is -3.96. The molecule has 0 aliphatic rings. The van der Waals surface area contributed by atoms with Gasteiger partial charge in [-0.15, -0.1) is 0 Å². The quantitative estimate of drug-likeness (QED) is 0.337. The van der Waals surface area contributed by atoms with Gasteiger partial charge in [0.15, 0.2) is 11.5 Å². The van der Waals surface area contributed by atoms with Crippen LogP contribution in [0.4, 0.5) is 11.4 Å². The van der Waals surface area contributed by atoms with Crippen molar-refractivity contribution in [2.45, 2.75) is 6.42 Å². The molecule has 10 nitrogen and oxygen atoms in total. The second-order valence-corrected chi connectivity index (χ2v) is 10.7. The zero-order valence-corrected chi connectivity index (χ0v) is 23.6. The molecule has 12 heteroatoms. The molecule has 0 aliphatic carbocycles. The van der Waals surface area contributed by atoms with Gasteiger partial charge in [-0.25, -0.2) is 8.42 Å². The van der Waals surface area contributed by atoms with Gasteiger partial charge in [-0.3, -0.25) is 13.9 Å². The molecule has 0 heterocycles. The molecule has 0 radical (unpaired) electrons. The van der Waals surface area contributed by atoms with E-state index in [1.165, 1.54) is 25.3 Å². The summed E-state index contributed by atoms with van der Waals surface area (Å²) in [4.78, 5) is 25.8. The molecule has 0 saturated heterocycles. The van der Waals surface area contributed by atoms with Crippen molar-refractivity contribution in [1.82, 2.24) is 5.32 Å². The Kier molecular flexibility index (Phi) is 10.0. The van der Waals surface area contributed by atoms with Crippen LogP contribution in [-0.4, -0.2) is 60.9 Å². The van der Waals surface area contributed by atoms with Crippen LogP contribution in [0.25, 0.3) is 0 Å². The lowest BCUT2D eigenvalue weighted by Crippen LogP contribution is -2.37. The highest BCUT2D eigenvalue weighted by molar-refractivity contribution is 7.92. The van der Waals surface area contributed by atoms with Gasteiger partial charge < -0.3 is 24.8 Å². The van der Waals surface area contributed by atoms with Crippen LogP contribution in [0.1, 0.15) is 15.9 Å². The van der Waals surface area contributed by atoms with Gasteiger partial charge in [-0.2, -0.15) is 0 Å². The molecular weight excluding hydrogens is 546 g/mol. The normalized spacial score (nSPS) is 10.9. The lowest BCUT2D eigenvalue weighted by molar-refractivity contribution is -0.114. The summed E-state index contributed by atoms with van der Waals surface area (Å²) in [5, 5.41) is 5.68. The number of ether oxygens (including phenoxy) is 3. The predicted octanol–water partition coefficient (Wildman–Crippen LogP) is 3.74. The Labute approximate surface area is 232 Å². The maximum atomic E-state index is 12.9. The van der Waals surface area contributed by atoms with Gasteiger partial charge in [0.25, 0.3) is 5.91 Å². The fourth-order valence-electron chi connectivity index (χ4n) is 3.77. The van der Waals surface area contributed by atoms with Crippen molar-refractivity contribution in [3.05, 3.63) is 76.8 Å². The standard InChI is InChI=1S/C27H30ClN3O7S/c1-36-23-12-10-19(16-21(23)28)31(39(4,34)35)17-26(32)30-22-8-6-5-7-20(22)27(33)29-14-13-18-9-11-24(37-2)25(15-18)38-3/h5-12,15-16H,13-14,17H2,1-4H3,(H,29,33)(H,30,32). The molecule has 2 amide bonds. The molecule has 0 unspecified atom stereocenters. The molecule has 208 valence electrons. The van der Waals surface area contributed by atoms with E-state index in [2.05, 4.69) is 10.6 Å². The third-order valence-electron chi connectivity index (χ3n) is 5.70. The van der Waals surface area contributed by atoms with Gasteiger partial charge in [0.1, 0.15) is 12.3 Å². The lowest BCUT2D eigenvalue weighted by Gasteiger charge is -2.22. The molecule has 0 aliphatic heterocycles. The minimum absolute atomic E-state index is 0.194. The number of hydrogen-bond donors (Lipinski definition) is 2. The lowest BCUT2D eigenvalue weighted by atomic mass is 10.1. The van der Waals surface area contributed by atoms with E-state index in [4.69, 9.17) is 25.8 Å². The molecule has 2 N–H and O–H groups in total. The number of carbonyl (C=O) groups excluding carboxylic acids is 2. The van der Waals surface area contributed by atoms with Crippen LogP contribution in [0.2, 0.25) is 5.02 Å². The summed E-state index contributed by atoms with van der Waals surface area (Å²) < 4.78 is 41.5. The number of rotatable bonds is 12. The molecule has 0 bridgehead atoms. The maximum Gasteiger partial charge on any atom is 0.253 e. The molecule has 39 heavy (non-hydrogen) atoms. The number of benzene rings is 3. The smallest absolute Gasteiger partial charge is 0.253 e. The Morgan fingerprint density at radius 2 is 1.56 bits per heavy atom. The van der Waals surface area contributed by atoms with Gasteiger partial charge in [-0.1, -0.05) is 29.8 Å². The fraction of sp³-hybridized carbons (Fsp3) is 0.259. The first kappa shape index (κ1) is 29.6. The number of nitrogens with one attached hydrogen (secondary N) is 2. The van der Waals surface area contributed by atoms with Crippen LogP contribution in [0, 0.1) is 0 Å². The van der Waals surface area contributed by atoms with Crippen LogP contribution in [-0.2, 0) is 21.2 Å². The molecule has 3 aromatic rings. The summed E-state index contributed by atoms with van der Waals surface area (Å²) >= 11 is 6.15. The zero-order chi connectivity index (χ0) is 28.6. The first-order valence-electron chi connectivity index (χ1n) is 11.8. The van der Waals surface area contributed by atoms with Crippen LogP contribution < -0.4 is 29.1 Å². The molecule has 0 spiro atoms. The van der Waals surface area contributed by atoms with Gasteiger partial charge in [0, 0.05) is 6.54 Å². The highest BCUT2D eigenvalue weighted by atomic mass is 35.5. The Balaban J connectivity index is 1.69. The number of nitrogens with zero attached hydrogens (tertiary/aromatic N) is 1. The van der Waals surface area contributed by atoms with E-state index >= 15 is 0 Å². The summed E-state index contributed by atoms with van der Waals surface area (Å²) in [6, 6.07) is 16.4. The SMILES string of the molecule is COc1ccc(N(CC(=O)Nc2ccccc2C(=O)NCCc2ccc(OC)c(OC)c2)S(C)(=O)=O)cc1Cl. The summed E-state index contributed by atoms with van der Waals surface area (Å²) in [6.07, 6.45) is 1.52. The average Bonchev–Trinajstić information content (AvgIpc) is 2.91. The first-order chi connectivity index (χ1) is 18.6. The number of hydrogen-bond acceptors (Lipinski definition) is 7. The van der Waals surface area contributed by atoms with Crippen molar-refractivity contribution < 1.29 is 32.2 Å². The van der Waals surface area contributed by atoms with Crippen LogP contribution >= 0.6 is 11.6 Å². The third kappa shape index (κ3) is 7.78. The molecular formula is C27H30ClN3O7S. The average molecular weight is 576 g/mol. The molecule has 0 fully saturated rings. The van der Waals surface area contributed by atoms with E-state index in [0.29, 0.717) is 30.2 Å². The summed E-state index contributed by atoms with van der Waals surface area (Å²) in [6.45, 7) is -0.201. The highest BCUT2D eigenvalue weighted by Crippen LogP contribution is 2.30. The van der Waals surface area contributed by atoms with Crippen molar-refractivity contribution in [3.8, 4) is 17.2 Å². The Bertz CT molecular complexity index is 1450. The molecule has 0 atom stereocenters. The van der Waals surface area contributed by atoms with Gasteiger partial charge >= 0.3 is 0 Å². The van der Waals surface area contributed by atoms with Crippen molar-refractivity contribution in [2.75, 3.05) is 50.3 Å². The van der Waals surface area contributed by atoms with Crippen molar-refractivity contribution >= 4 is 44.8 Å². The molecule has 0 aromatic heterocycles. The van der Waals surface area contributed by atoms with Gasteiger partial charge in [0.05, 0.1) is 49.5 Å². The molecule has 3 aromatic carbocycles. The number of methoxy groups -OCH3 is 3. The third-order valence-corrected chi connectivity index (χ3v) is 7.14. The topological polar surface area (TPSA) is 123 Å². The van der Waals surface area contributed by atoms with Crippen molar-refractivity contribution in [2.24, 2.45) is 0 Å². The number of carbonyl (C=O) groups is 2. The summed E-state index contributed by atoms with van der Waals surface area (Å²) in [5.41, 5.74) is 1.61. The van der Waals surface area contributed by atoms with Crippen LogP contribution in [0.3, 0.4) is 0 Å². The molecule has 0 saturated carbocycles. The predicted molar refractivity (Wildman–Crippen MR) is 151 cm³/mol. The van der Waals surface area contributed by atoms with E-state index in [0.717, 1.165) is 16.1 Å². The van der Waals surface area contributed by atoms with Gasteiger partial charge in [0.2, 0.25) is 15.9 Å². The molecule has 3 rings (SSSR count). The van der Waals surface area contributed by atoms with Crippen LogP contribution in [0.5, 0.6) is 17.2 Å². The number of halogens is 1.